The van der Waals surface area contributed by atoms with Crippen molar-refractivity contribution in [2.24, 2.45) is 4.99 Å². The molecule has 1 amide bonds. The van der Waals surface area contributed by atoms with Crippen molar-refractivity contribution in [1.82, 2.24) is 15.5 Å². The first-order chi connectivity index (χ1) is 13.7. The third-order valence-corrected chi connectivity index (χ3v) is 5.57. The molecule has 1 aliphatic heterocycles. The van der Waals surface area contributed by atoms with Crippen LogP contribution in [0.15, 0.2) is 46.8 Å². The lowest BCUT2D eigenvalue weighted by Crippen LogP contribution is -2.49. The second-order valence-electron chi connectivity index (χ2n) is 6.53. The Balaban J connectivity index is 1.36. The van der Waals surface area contributed by atoms with E-state index in [9.17, 15) is 9.18 Å². The van der Waals surface area contributed by atoms with Gasteiger partial charge in [-0.25, -0.2) is 4.39 Å². The summed E-state index contributed by atoms with van der Waals surface area (Å²) in [5.41, 5.74) is 0.996. The highest BCUT2D eigenvalue weighted by atomic mass is 32.1. The largest absolute Gasteiger partial charge is 0.368 e. The second-order valence-corrected chi connectivity index (χ2v) is 7.56. The van der Waals surface area contributed by atoms with E-state index >= 15 is 0 Å². The maximum Gasteiger partial charge on any atom is 0.224 e. The number of hydrogen-bond acceptors (Lipinski definition) is 4. The third kappa shape index (κ3) is 5.69. The molecule has 1 aromatic heterocycles. The fourth-order valence-electron chi connectivity index (χ4n) is 3.12. The molecular formula is C20H26FN5OS. The molecule has 0 bridgehead atoms. The summed E-state index contributed by atoms with van der Waals surface area (Å²) in [6, 6.07) is 10.6. The van der Waals surface area contributed by atoms with Crippen LogP contribution in [0.25, 0.3) is 0 Å². The molecule has 0 atom stereocenters. The van der Waals surface area contributed by atoms with Crippen LogP contribution in [0.1, 0.15) is 11.3 Å². The highest BCUT2D eigenvalue weighted by Gasteiger charge is 2.21. The number of rotatable bonds is 6. The number of nitrogens with zero attached hydrogens (tertiary/aromatic N) is 3. The van der Waals surface area contributed by atoms with E-state index in [-0.39, 0.29) is 11.7 Å². The molecule has 1 aromatic carbocycles. The summed E-state index contributed by atoms with van der Waals surface area (Å²) in [6.45, 7) is 4.14. The summed E-state index contributed by atoms with van der Waals surface area (Å²) >= 11 is 1.69. The van der Waals surface area contributed by atoms with Crippen LogP contribution in [0.3, 0.4) is 0 Å². The predicted octanol–water partition coefficient (Wildman–Crippen LogP) is 2.29. The minimum absolute atomic E-state index is 0.139. The van der Waals surface area contributed by atoms with Crippen LogP contribution in [0.2, 0.25) is 0 Å². The van der Waals surface area contributed by atoms with Crippen molar-refractivity contribution in [3.05, 3.63) is 52.5 Å². The van der Waals surface area contributed by atoms with Crippen LogP contribution < -0.4 is 15.5 Å². The Labute approximate surface area is 169 Å². The first-order valence-corrected chi connectivity index (χ1v) is 10.3. The van der Waals surface area contributed by atoms with Gasteiger partial charge in [-0.2, -0.15) is 0 Å². The van der Waals surface area contributed by atoms with E-state index in [0.717, 1.165) is 25.3 Å². The van der Waals surface area contributed by atoms with Gasteiger partial charge >= 0.3 is 0 Å². The van der Waals surface area contributed by atoms with E-state index in [2.05, 4.69) is 26.6 Å². The molecule has 8 heteroatoms. The molecule has 0 spiro atoms. The highest BCUT2D eigenvalue weighted by molar-refractivity contribution is 7.09. The van der Waals surface area contributed by atoms with Gasteiger partial charge in [0.25, 0.3) is 0 Å². The lowest BCUT2D eigenvalue weighted by molar-refractivity contribution is -0.131. The molecule has 3 rings (SSSR count). The van der Waals surface area contributed by atoms with Gasteiger partial charge in [0.1, 0.15) is 5.82 Å². The van der Waals surface area contributed by atoms with E-state index < -0.39 is 0 Å². The smallest absolute Gasteiger partial charge is 0.224 e. The topological polar surface area (TPSA) is 60.0 Å². The lowest BCUT2D eigenvalue weighted by atomic mass is 10.2. The number of thiophene rings is 1. The van der Waals surface area contributed by atoms with E-state index in [4.69, 9.17) is 0 Å². The number of nitrogens with one attached hydrogen (secondary N) is 2. The molecule has 2 N–H and O–H groups in total. The van der Waals surface area contributed by atoms with Gasteiger partial charge in [0.2, 0.25) is 5.91 Å². The van der Waals surface area contributed by atoms with Crippen molar-refractivity contribution in [3.8, 4) is 0 Å². The van der Waals surface area contributed by atoms with Gasteiger partial charge in [-0.3, -0.25) is 9.79 Å². The Hall–Kier alpha value is -2.61. The molecule has 1 saturated heterocycles. The molecule has 2 aromatic rings. The molecule has 6 nitrogen and oxygen atoms in total. The predicted molar refractivity (Wildman–Crippen MR) is 112 cm³/mol. The zero-order valence-electron chi connectivity index (χ0n) is 16.0. The number of amides is 1. The van der Waals surface area contributed by atoms with Crippen molar-refractivity contribution in [3.63, 3.8) is 0 Å². The molecule has 28 heavy (non-hydrogen) atoms. The molecule has 1 aliphatic rings. The third-order valence-electron chi connectivity index (χ3n) is 4.69. The van der Waals surface area contributed by atoms with Crippen LogP contribution in [0, 0.1) is 5.82 Å². The standard InChI is InChI=1S/C20H26FN5OS/c1-22-20(24-15-18-3-2-14-28-18)23-9-8-19(27)26-12-10-25(11-13-26)17-6-4-16(21)5-7-17/h2-7,14H,8-13,15H2,1H3,(H2,22,23,24). The maximum absolute atomic E-state index is 13.1. The van der Waals surface area contributed by atoms with Crippen LogP contribution in [0.5, 0.6) is 0 Å². The minimum Gasteiger partial charge on any atom is -0.368 e. The fraction of sp³-hybridized carbons (Fsp3) is 0.400. The summed E-state index contributed by atoms with van der Waals surface area (Å²) in [5, 5.41) is 8.48. The average molecular weight is 404 g/mol. The fourth-order valence-corrected chi connectivity index (χ4v) is 3.76. The van der Waals surface area contributed by atoms with Crippen molar-refractivity contribution in [2.75, 3.05) is 44.7 Å². The van der Waals surface area contributed by atoms with E-state index in [1.54, 1.807) is 30.5 Å². The normalized spacial score (nSPS) is 14.9. The molecule has 0 radical (unpaired) electrons. The van der Waals surface area contributed by atoms with Crippen LogP contribution in [0.4, 0.5) is 10.1 Å². The van der Waals surface area contributed by atoms with Gasteiger partial charge in [-0.1, -0.05) is 6.07 Å². The van der Waals surface area contributed by atoms with E-state index in [1.165, 1.54) is 17.0 Å². The lowest BCUT2D eigenvalue weighted by Gasteiger charge is -2.36. The summed E-state index contributed by atoms with van der Waals surface area (Å²) < 4.78 is 13.1. The summed E-state index contributed by atoms with van der Waals surface area (Å²) in [7, 11) is 1.72. The average Bonchev–Trinajstić information content (AvgIpc) is 3.25. The van der Waals surface area contributed by atoms with Gasteiger partial charge in [-0.15, -0.1) is 11.3 Å². The number of carbonyl (C=O) groups is 1. The zero-order chi connectivity index (χ0) is 19.8. The van der Waals surface area contributed by atoms with Crippen molar-refractivity contribution < 1.29 is 9.18 Å². The monoisotopic (exact) mass is 403 g/mol. The number of piperazine rings is 1. The maximum atomic E-state index is 13.1. The van der Waals surface area contributed by atoms with E-state index in [0.29, 0.717) is 32.0 Å². The molecule has 1 fully saturated rings. The van der Waals surface area contributed by atoms with Crippen LogP contribution >= 0.6 is 11.3 Å². The zero-order valence-corrected chi connectivity index (χ0v) is 16.8. The molecule has 0 unspecified atom stereocenters. The number of aliphatic imine (C=N–C) groups is 1. The number of guanidine groups is 1. The first-order valence-electron chi connectivity index (χ1n) is 9.41. The van der Waals surface area contributed by atoms with Crippen molar-refractivity contribution >= 4 is 28.9 Å². The number of benzene rings is 1. The molecular weight excluding hydrogens is 377 g/mol. The van der Waals surface area contributed by atoms with Gasteiger partial charge in [-0.05, 0) is 35.7 Å². The number of carbonyl (C=O) groups excluding carboxylic acids is 1. The quantitative estimate of drug-likeness (QED) is 0.574. The molecule has 0 saturated carbocycles. The number of halogens is 1. The minimum atomic E-state index is -0.232. The summed E-state index contributed by atoms with van der Waals surface area (Å²) in [4.78, 5) is 22.0. The Morgan fingerprint density at radius 1 is 1.14 bits per heavy atom. The Kier molecular flexibility index (Phi) is 7.25. The van der Waals surface area contributed by atoms with Gasteiger partial charge in [0, 0.05) is 56.8 Å². The first kappa shape index (κ1) is 20.1. The van der Waals surface area contributed by atoms with Crippen molar-refractivity contribution in [1.29, 1.82) is 0 Å². The van der Waals surface area contributed by atoms with Crippen molar-refractivity contribution in [2.45, 2.75) is 13.0 Å². The summed E-state index contributed by atoms with van der Waals surface area (Å²) in [5.74, 6) is 0.604. The second kappa shape index (κ2) is 10.1. The molecule has 150 valence electrons. The highest BCUT2D eigenvalue weighted by Crippen LogP contribution is 2.17. The molecule has 0 aliphatic carbocycles. The van der Waals surface area contributed by atoms with E-state index in [1.807, 2.05) is 16.3 Å². The van der Waals surface area contributed by atoms with Gasteiger partial charge in [0.05, 0.1) is 6.54 Å². The number of hydrogen-bond donors (Lipinski definition) is 2. The Morgan fingerprint density at radius 2 is 1.89 bits per heavy atom. The van der Waals surface area contributed by atoms with Crippen LogP contribution in [-0.2, 0) is 11.3 Å². The Morgan fingerprint density at radius 3 is 2.54 bits per heavy atom. The van der Waals surface area contributed by atoms with Gasteiger partial charge in [0.15, 0.2) is 5.96 Å². The molecule has 2 heterocycles. The SMILES string of the molecule is CN=C(NCCC(=O)N1CCN(c2ccc(F)cc2)CC1)NCc1cccs1. The van der Waals surface area contributed by atoms with Gasteiger partial charge < -0.3 is 20.4 Å². The number of anilines is 1. The Bertz CT molecular complexity index is 770. The van der Waals surface area contributed by atoms with Crippen LogP contribution in [-0.4, -0.2) is 56.5 Å². The summed E-state index contributed by atoms with van der Waals surface area (Å²) in [6.07, 6.45) is 0.427.